The number of hydrogen-bond donors (Lipinski definition) is 1. The van der Waals surface area contributed by atoms with Crippen LogP contribution >= 0.6 is 0 Å². The molecule has 0 aliphatic heterocycles. The number of nitrogens with one attached hydrogen (secondary N) is 1. The molecule has 18 heavy (non-hydrogen) atoms. The predicted octanol–water partition coefficient (Wildman–Crippen LogP) is 4.01. The normalized spacial score (nSPS) is 27.7. The van der Waals surface area contributed by atoms with Gasteiger partial charge in [0.2, 0.25) is 5.95 Å². The van der Waals surface area contributed by atoms with Gasteiger partial charge >= 0.3 is 0 Å². The molecule has 1 N–H and O–H groups in total. The van der Waals surface area contributed by atoms with E-state index in [2.05, 4.69) is 48.8 Å². The summed E-state index contributed by atoms with van der Waals surface area (Å²) in [5.74, 6) is 2.67. The van der Waals surface area contributed by atoms with E-state index in [1.807, 2.05) is 0 Å². The fourth-order valence-corrected chi connectivity index (χ4v) is 3.01. The van der Waals surface area contributed by atoms with E-state index in [1.165, 1.54) is 25.7 Å². The summed E-state index contributed by atoms with van der Waals surface area (Å²) >= 11 is 0. The van der Waals surface area contributed by atoms with Gasteiger partial charge in [-0.2, -0.15) is 0 Å². The summed E-state index contributed by atoms with van der Waals surface area (Å²) in [6.07, 6.45) is 7.29. The molecule has 102 valence electrons. The van der Waals surface area contributed by atoms with Crippen LogP contribution in [0.5, 0.6) is 0 Å². The molecule has 1 aliphatic rings. The van der Waals surface area contributed by atoms with Crippen molar-refractivity contribution >= 4 is 5.95 Å². The fourth-order valence-electron chi connectivity index (χ4n) is 3.01. The largest absolute Gasteiger partial charge is 0.356 e. The van der Waals surface area contributed by atoms with Crippen LogP contribution in [0, 0.1) is 18.8 Å². The summed E-state index contributed by atoms with van der Waals surface area (Å²) in [6, 6.07) is 0.630. The summed E-state index contributed by atoms with van der Waals surface area (Å²) in [4.78, 5) is 4.64. The maximum absolute atomic E-state index is 4.64. The van der Waals surface area contributed by atoms with Gasteiger partial charge in [0, 0.05) is 18.8 Å². The van der Waals surface area contributed by atoms with Crippen molar-refractivity contribution in [3.63, 3.8) is 0 Å². The van der Waals surface area contributed by atoms with E-state index in [0.717, 1.165) is 30.0 Å². The first kappa shape index (κ1) is 13.4. The van der Waals surface area contributed by atoms with Gasteiger partial charge in [-0.3, -0.25) is 0 Å². The highest BCUT2D eigenvalue weighted by atomic mass is 15.2. The molecule has 0 aromatic carbocycles. The molecule has 1 aromatic rings. The minimum Gasteiger partial charge on any atom is -0.356 e. The zero-order chi connectivity index (χ0) is 13.1. The number of hydrogen-bond acceptors (Lipinski definition) is 2. The molecule has 3 nitrogen and oxygen atoms in total. The summed E-state index contributed by atoms with van der Waals surface area (Å²) in [5, 5.41) is 3.50. The molecule has 1 fully saturated rings. The van der Waals surface area contributed by atoms with E-state index in [1.54, 1.807) is 0 Å². The van der Waals surface area contributed by atoms with Crippen molar-refractivity contribution in [2.24, 2.45) is 11.8 Å². The molecular weight excluding hydrogens is 222 g/mol. The van der Waals surface area contributed by atoms with Crippen LogP contribution in [0.2, 0.25) is 0 Å². The molecule has 1 saturated carbocycles. The van der Waals surface area contributed by atoms with Crippen molar-refractivity contribution in [2.75, 3.05) is 11.9 Å². The standard InChI is InChI=1S/C15H27N3/c1-5-6-9-16-15-17-12(3)10-18(15)14-8-7-11(2)13(14)4/h10-11,13-14H,5-9H2,1-4H3,(H,16,17). The molecule has 3 heteroatoms. The highest BCUT2D eigenvalue weighted by Crippen LogP contribution is 2.41. The summed E-state index contributed by atoms with van der Waals surface area (Å²) in [5.41, 5.74) is 1.13. The van der Waals surface area contributed by atoms with Crippen LogP contribution in [0.25, 0.3) is 0 Å². The van der Waals surface area contributed by atoms with Crippen LogP contribution in [-0.4, -0.2) is 16.1 Å². The highest BCUT2D eigenvalue weighted by Gasteiger charge is 2.32. The molecule has 0 radical (unpaired) electrons. The number of aryl methyl sites for hydroxylation is 1. The maximum atomic E-state index is 4.64. The monoisotopic (exact) mass is 249 g/mol. The third-order valence-electron chi connectivity index (χ3n) is 4.45. The van der Waals surface area contributed by atoms with Crippen LogP contribution in [-0.2, 0) is 0 Å². The number of imidazole rings is 1. The smallest absolute Gasteiger partial charge is 0.203 e. The van der Waals surface area contributed by atoms with E-state index < -0.39 is 0 Å². The Kier molecular flexibility index (Phi) is 4.31. The van der Waals surface area contributed by atoms with Gasteiger partial charge in [-0.1, -0.05) is 27.2 Å². The first-order chi connectivity index (χ1) is 8.63. The average Bonchev–Trinajstić information content (AvgIpc) is 2.85. The van der Waals surface area contributed by atoms with Crippen LogP contribution in [0.4, 0.5) is 5.95 Å². The van der Waals surface area contributed by atoms with Crippen molar-refractivity contribution in [2.45, 2.75) is 59.4 Å². The molecule has 1 aliphatic carbocycles. The Labute approximate surface area is 111 Å². The van der Waals surface area contributed by atoms with Gasteiger partial charge in [-0.15, -0.1) is 0 Å². The van der Waals surface area contributed by atoms with Gasteiger partial charge < -0.3 is 9.88 Å². The van der Waals surface area contributed by atoms with E-state index in [0.29, 0.717) is 6.04 Å². The molecule has 3 unspecified atom stereocenters. The van der Waals surface area contributed by atoms with Crippen LogP contribution in [0.15, 0.2) is 6.20 Å². The number of anilines is 1. The lowest BCUT2D eigenvalue weighted by molar-refractivity contribution is 0.355. The van der Waals surface area contributed by atoms with Crippen molar-refractivity contribution in [1.29, 1.82) is 0 Å². The Hall–Kier alpha value is -0.990. The Morgan fingerprint density at radius 3 is 2.78 bits per heavy atom. The second kappa shape index (κ2) is 5.77. The van der Waals surface area contributed by atoms with Crippen LogP contribution in [0.1, 0.15) is 58.2 Å². The van der Waals surface area contributed by atoms with Crippen molar-refractivity contribution in [1.82, 2.24) is 9.55 Å². The van der Waals surface area contributed by atoms with Crippen molar-refractivity contribution in [3.05, 3.63) is 11.9 Å². The lowest BCUT2D eigenvalue weighted by atomic mass is 9.98. The van der Waals surface area contributed by atoms with E-state index in [4.69, 9.17) is 0 Å². The molecule has 0 saturated heterocycles. The number of aromatic nitrogens is 2. The Morgan fingerprint density at radius 1 is 1.39 bits per heavy atom. The molecule has 2 rings (SSSR count). The third-order valence-corrected chi connectivity index (χ3v) is 4.45. The Morgan fingerprint density at radius 2 is 2.17 bits per heavy atom. The molecule has 3 atom stereocenters. The van der Waals surface area contributed by atoms with Gasteiger partial charge in [-0.05, 0) is 38.0 Å². The Bertz CT molecular complexity index is 383. The van der Waals surface area contributed by atoms with Crippen molar-refractivity contribution < 1.29 is 0 Å². The first-order valence-corrected chi connectivity index (χ1v) is 7.42. The fraction of sp³-hybridized carbons (Fsp3) is 0.800. The van der Waals surface area contributed by atoms with Gasteiger partial charge in [0.05, 0.1) is 5.69 Å². The minimum atomic E-state index is 0.630. The zero-order valence-electron chi connectivity index (χ0n) is 12.2. The van der Waals surface area contributed by atoms with Gasteiger partial charge in [0.15, 0.2) is 0 Å². The molecule has 0 spiro atoms. The summed E-state index contributed by atoms with van der Waals surface area (Å²) in [7, 11) is 0. The molecule has 1 heterocycles. The Balaban J connectivity index is 2.11. The molecule has 0 amide bonds. The predicted molar refractivity (Wildman–Crippen MR) is 77.0 cm³/mol. The molecular formula is C15H27N3. The first-order valence-electron chi connectivity index (χ1n) is 7.42. The van der Waals surface area contributed by atoms with E-state index in [9.17, 15) is 0 Å². The summed E-state index contributed by atoms with van der Waals surface area (Å²) < 4.78 is 2.39. The lowest BCUT2D eigenvalue weighted by Gasteiger charge is -2.22. The quantitative estimate of drug-likeness (QED) is 0.799. The van der Waals surface area contributed by atoms with Crippen molar-refractivity contribution in [3.8, 4) is 0 Å². The van der Waals surface area contributed by atoms with Gasteiger partial charge in [-0.25, -0.2) is 4.98 Å². The molecule has 0 bridgehead atoms. The topological polar surface area (TPSA) is 29.9 Å². The average molecular weight is 249 g/mol. The number of unbranched alkanes of at least 4 members (excludes halogenated alkanes) is 1. The van der Waals surface area contributed by atoms with E-state index in [-0.39, 0.29) is 0 Å². The minimum absolute atomic E-state index is 0.630. The number of nitrogens with zero attached hydrogens (tertiary/aromatic N) is 2. The van der Waals surface area contributed by atoms with Gasteiger partial charge in [0.1, 0.15) is 0 Å². The maximum Gasteiger partial charge on any atom is 0.203 e. The van der Waals surface area contributed by atoms with E-state index >= 15 is 0 Å². The summed E-state index contributed by atoms with van der Waals surface area (Å²) in [6.45, 7) is 10.1. The SMILES string of the molecule is CCCCNc1nc(C)cn1C1CCC(C)C1C. The molecule has 1 aromatic heterocycles. The number of rotatable bonds is 5. The lowest BCUT2D eigenvalue weighted by Crippen LogP contribution is -2.17. The van der Waals surface area contributed by atoms with Crippen LogP contribution in [0.3, 0.4) is 0 Å². The van der Waals surface area contributed by atoms with Crippen LogP contribution < -0.4 is 5.32 Å². The van der Waals surface area contributed by atoms with Gasteiger partial charge in [0.25, 0.3) is 0 Å². The second-order valence-corrected chi connectivity index (χ2v) is 5.87. The second-order valence-electron chi connectivity index (χ2n) is 5.87. The zero-order valence-corrected chi connectivity index (χ0v) is 12.2. The third kappa shape index (κ3) is 2.70. The highest BCUT2D eigenvalue weighted by molar-refractivity contribution is 5.30.